The molecule has 2 aromatic carbocycles. The Kier molecular flexibility index (Phi) is 7.84. The number of carbonyl (C=O) groups is 2. The average Bonchev–Trinajstić information content (AvgIpc) is 2.87. The first-order chi connectivity index (χ1) is 17.4. The molecule has 3 atom stereocenters. The second-order valence-electron chi connectivity index (χ2n) is 8.89. The van der Waals surface area contributed by atoms with Gasteiger partial charge in [-0.3, -0.25) is 14.6 Å². The predicted octanol–water partition coefficient (Wildman–Crippen LogP) is 4.61. The van der Waals surface area contributed by atoms with Gasteiger partial charge in [0.1, 0.15) is 18.3 Å². The minimum Gasteiger partial charge on any atom is -0.493 e. The number of esters is 1. The van der Waals surface area contributed by atoms with Gasteiger partial charge in [0.05, 0.1) is 20.8 Å². The fraction of sp³-hybridized carbons (Fsp3) is 0.393. The van der Waals surface area contributed by atoms with E-state index in [-0.39, 0.29) is 36.9 Å². The molecule has 1 heterocycles. The van der Waals surface area contributed by atoms with Crippen molar-refractivity contribution in [2.75, 3.05) is 34.5 Å². The number of rotatable bonds is 8. The SMILES string of the molecule is COCCOC(=O)C1C(C)=NC2=C(C(=O)C[C@H](c3ccc(OC)c(OC)c3)C2)[C@@H]1c1ccccc1F. The van der Waals surface area contributed by atoms with Gasteiger partial charge in [-0.05, 0) is 48.6 Å². The summed E-state index contributed by atoms with van der Waals surface area (Å²) >= 11 is 0. The number of aliphatic imine (C=N–C) groups is 1. The van der Waals surface area contributed by atoms with Crippen LogP contribution in [-0.2, 0) is 19.1 Å². The molecule has 190 valence electrons. The van der Waals surface area contributed by atoms with Crippen molar-refractivity contribution in [3.8, 4) is 11.5 Å². The summed E-state index contributed by atoms with van der Waals surface area (Å²) in [4.78, 5) is 31.5. The summed E-state index contributed by atoms with van der Waals surface area (Å²) in [6, 6.07) is 11.8. The molecule has 4 rings (SSSR count). The van der Waals surface area contributed by atoms with Crippen LogP contribution in [0.5, 0.6) is 11.5 Å². The summed E-state index contributed by atoms with van der Waals surface area (Å²) < 4.78 is 36.2. The molecule has 1 aliphatic carbocycles. The number of halogens is 1. The Labute approximate surface area is 209 Å². The average molecular weight is 496 g/mol. The molecule has 2 aromatic rings. The molecule has 0 amide bonds. The zero-order valence-electron chi connectivity index (χ0n) is 20.9. The van der Waals surface area contributed by atoms with Gasteiger partial charge in [-0.2, -0.15) is 0 Å². The highest BCUT2D eigenvalue weighted by atomic mass is 19.1. The maximum Gasteiger partial charge on any atom is 0.315 e. The van der Waals surface area contributed by atoms with E-state index in [1.807, 2.05) is 18.2 Å². The maximum absolute atomic E-state index is 15.1. The Morgan fingerprint density at radius 1 is 1.03 bits per heavy atom. The summed E-state index contributed by atoms with van der Waals surface area (Å²) in [5.41, 5.74) is 2.66. The van der Waals surface area contributed by atoms with Crippen LogP contribution in [0.1, 0.15) is 42.7 Å². The summed E-state index contributed by atoms with van der Waals surface area (Å²) in [5.74, 6) is -1.87. The Hall–Kier alpha value is -3.52. The van der Waals surface area contributed by atoms with E-state index in [1.54, 1.807) is 39.3 Å². The highest BCUT2D eigenvalue weighted by molar-refractivity contribution is 6.09. The van der Waals surface area contributed by atoms with Crippen LogP contribution in [0.25, 0.3) is 0 Å². The first kappa shape index (κ1) is 25.6. The number of ether oxygens (including phenoxy) is 4. The zero-order chi connectivity index (χ0) is 25.8. The zero-order valence-corrected chi connectivity index (χ0v) is 20.9. The number of ketones is 1. The third kappa shape index (κ3) is 4.91. The number of Topliss-reactive ketones (excluding diaryl/α,β-unsaturated/α-hetero) is 1. The molecule has 0 radical (unpaired) electrons. The number of benzene rings is 2. The van der Waals surface area contributed by atoms with Crippen molar-refractivity contribution in [3.05, 3.63) is 70.7 Å². The van der Waals surface area contributed by atoms with Crippen molar-refractivity contribution in [3.63, 3.8) is 0 Å². The van der Waals surface area contributed by atoms with E-state index in [0.717, 1.165) is 5.56 Å². The minimum absolute atomic E-state index is 0.0599. The van der Waals surface area contributed by atoms with E-state index in [4.69, 9.17) is 23.9 Å². The summed E-state index contributed by atoms with van der Waals surface area (Å²) in [7, 11) is 4.64. The van der Waals surface area contributed by atoms with Gasteiger partial charge >= 0.3 is 5.97 Å². The Balaban J connectivity index is 1.75. The fourth-order valence-electron chi connectivity index (χ4n) is 5.09. The van der Waals surface area contributed by atoms with Crippen molar-refractivity contribution >= 4 is 17.5 Å². The lowest BCUT2D eigenvalue weighted by Crippen LogP contribution is -2.38. The van der Waals surface area contributed by atoms with Gasteiger partial charge in [0.2, 0.25) is 0 Å². The lowest BCUT2D eigenvalue weighted by Gasteiger charge is -2.36. The van der Waals surface area contributed by atoms with E-state index >= 15 is 4.39 Å². The molecule has 1 unspecified atom stereocenters. The topological polar surface area (TPSA) is 83.4 Å². The molecule has 0 bridgehead atoms. The molecular weight excluding hydrogens is 465 g/mol. The highest BCUT2D eigenvalue weighted by Gasteiger charge is 2.45. The second kappa shape index (κ2) is 11.0. The molecule has 0 fully saturated rings. The molecule has 0 aromatic heterocycles. The molecule has 7 nitrogen and oxygen atoms in total. The van der Waals surface area contributed by atoms with E-state index in [9.17, 15) is 9.59 Å². The molecule has 1 aliphatic heterocycles. The molecule has 0 N–H and O–H groups in total. The number of nitrogens with zero attached hydrogens (tertiary/aromatic N) is 1. The van der Waals surface area contributed by atoms with E-state index < -0.39 is 23.6 Å². The van der Waals surface area contributed by atoms with Crippen molar-refractivity contribution < 1.29 is 32.9 Å². The molecule has 0 saturated carbocycles. The van der Waals surface area contributed by atoms with Crippen molar-refractivity contribution in [1.29, 1.82) is 0 Å². The van der Waals surface area contributed by atoms with Gasteiger partial charge in [0, 0.05) is 36.4 Å². The van der Waals surface area contributed by atoms with Crippen LogP contribution < -0.4 is 9.47 Å². The predicted molar refractivity (Wildman–Crippen MR) is 132 cm³/mol. The Morgan fingerprint density at radius 3 is 2.47 bits per heavy atom. The van der Waals surface area contributed by atoms with Crippen LogP contribution >= 0.6 is 0 Å². The number of carbonyl (C=O) groups excluding carboxylic acids is 2. The van der Waals surface area contributed by atoms with Gasteiger partial charge in [-0.25, -0.2) is 4.39 Å². The van der Waals surface area contributed by atoms with Gasteiger partial charge in [0.25, 0.3) is 0 Å². The summed E-state index contributed by atoms with van der Waals surface area (Å²) in [6.45, 7) is 2.02. The molecule has 0 spiro atoms. The van der Waals surface area contributed by atoms with Crippen molar-refractivity contribution in [2.24, 2.45) is 10.9 Å². The second-order valence-corrected chi connectivity index (χ2v) is 8.89. The normalized spacial score (nSPS) is 21.5. The van der Waals surface area contributed by atoms with Crippen LogP contribution in [0.3, 0.4) is 0 Å². The summed E-state index contributed by atoms with van der Waals surface area (Å²) in [6.07, 6.45) is 0.684. The van der Waals surface area contributed by atoms with E-state index in [0.29, 0.717) is 34.9 Å². The van der Waals surface area contributed by atoms with Crippen LogP contribution in [0.4, 0.5) is 4.39 Å². The number of allylic oxidation sites excluding steroid dienone is 2. The maximum atomic E-state index is 15.1. The van der Waals surface area contributed by atoms with Gasteiger partial charge < -0.3 is 18.9 Å². The van der Waals surface area contributed by atoms with E-state index in [2.05, 4.69) is 0 Å². The smallest absolute Gasteiger partial charge is 0.315 e. The molecule has 8 heteroatoms. The van der Waals surface area contributed by atoms with Gasteiger partial charge in [-0.1, -0.05) is 24.3 Å². The quantitative estimate of drug-likeness (QED) is 0.393. The largest absolute Gasteiger partial charge is 0.493 e. The lowest BCUT2D eigenvalue weighted by atomic mass is 9.69. The Morgan fingerprint density at radius 2 is 1.78 bits per heavy atom. The summed E-state index contributed by atoms with van der Waals surface area (Å²) in [5, 5.41) is 0. The third-order valence-electron chi connectivity index (χ3n) is 6.79. The van der Waals surface area contributed by atoms with E-state index in [1.165, 1.54) is 13.2 Å². The molecule has 0 saturated heterocycles. The van der Waals surface area contributed by atoms with Crippen LogP contribution in [-0.4, -0.2) is 52.0 Å². The molecular formula is C28H30FNO6. The molecule has 36 heavy (non-hydrogen) atoms. The van der Waals surface area contributed by atoms with Crippen LogP contribution in [0.15, 0.2) is 58.7 Å². The minimum atomic E-state index is -0.904. The van der Waals surface area contributed by atoms with Gasteiger partial charge in [-0.15, -0.1) is 0 Å². The monoisotopic (exact) mass is 495 g/mol. The molecule has 2 aliphatic rings. The highest BCUT2D eigenvalue weighted by Crippen LogP contribution is 2.48. The van der Waals surface area contributed by atoms with Gasteiger partial charge in [0.15, 0.2) is 17.3 Å². The standard InChI is InChI=1S/C28H30FNO6/c1-16-25(28(32)36-12-11-33-2)26(19-7-5-6-8-20(19)29)27-21(30-16)13-18(14-22(27)31)17-9-10-23(34-3)24(15-17)35-4/h5-10,15,18,25-26H,11-14H2,1-4H3/t18-,25?,26-/m1/s1. The first-order valence-corrected chi connectivity index (χ1v) is 11.8. The number of hydrogen-bond donors (Lipinski definition) is 0. The van der Waals surface area contributed by atoms with Crippen LogP contribution in [0, 0.1) is 11.7 Å². The lowest BCUT2D eigenvalue weighted by molar-refractivity contribution is -0.147. The van der Waals surface area contributed by atoms with Crippen LogP contribution in [0.2, 0.25) is 0 Å². The Bertz CT molecular complexity index is 1220. The third-order valence-corrected chi connectivity index (χ3v) is 6.79. The first-order valence-electron chi connectivity index (χ1n) is 11.8. The number of methoxy groups -OCH3 is 3. The van der Waals surface area contributed by atoms with Crippen molar-refractivity contribution in [2.45, 2.75) is 31.6 Å². The van der Waals surface area contributed by atoms with Crippen molar-refractivity contribution in [1.82, 2.24) is 0 Å². The number of hydrogen-bond acceptors (Lipinski definition) is 7. The fourth-order valence-corrected chi connectivity index (χ4v) is 5.09.